The Morgan fingerprint density at radius 3 is 2.56 bits per heavy atom. The summed E-state index contributed by atoms with van der Waals surface area (Å²) < 4.78 is 14.9. The summed E-state index contributed by atoms with van der Waals surface area (Å²) in [5, 5.41) is 13.3. The Bertz CT molecular complexity index is 698. The second kappa shape index (κ2) is 9.25. The number of ketones is 1. The smallest absolute Gasteiger partial charge is 0.150 e. The fourth-order valence-corrected chi connectivity index (χ4v) is 3.31. The monoisotopic (exact) mass is 410 g/mol. The molecule has 1 aromatic carbocycles. The van der Waals surface area contributed by atoms with E-state index < -0.39 is 0 Å². The summed E-state index contributed by atoms with van der Waals surface area (Å²) in [7, 11) is 0. The van der Waals surface area contributed by atoms with Gasteiger partial charge in [0.2, 0.25) is 0 Å². The van der Waals surface area contributed by atoms with Gasteiger partial charge in [0.1, 0.15) is 5.82 Å². The van der Waals surface area contributed by atoms with Crippen LogP contribution in [0.4, 0.5) is 4.39 Å². The van der Waals surface area contributed by atoms with Crippen molar-refractivity contribution >= 4 is 21.7 Å². The van der Waals surface area contributed by atoms with Crippen molar-refractivity contribution in [1.82, 2.24) is 9.78 Å². The van der Waals surface area contributed by atoms with Crippen LogP contribution in [0.5, 0.6) is 0 Å². The van der Waals surface area contributed by atoms with Crippen molar-refractivity contribution in [1.29, 1.82) is 0 Å². The molecule has 6 heteroatoms. The highest BCUT2D eigenvalue weighted by molar-refractivity contribution is 9.10. The first-order chi connectivity index (χ1) is 11.9. The maximum Gasteiger partial charge on any atom is 0.150 e. The Morgan fingerprint density at radius 1 is 1.28 bits per heavy atom. The summed E-state index contributed by atoms with van der Waals surface area (Å²) in [6, 6.07) is 6.17. The van der Waals surface area contributed by atoms with E-state index in [-0.39, 0.29) is 29.0 Å². The molecule has 1 heterocycles. The van der Waals surface area contributed by atoms with Crippen LogP contribution >= 0.6 is 15.9 Å². The lowest BCUT2D eigenvalue weighted by atomic mass is 9.99. The van der Waals surface area contributed by atoms with Crippen molar-refractivity contribution in [3.8, 4) is 5.69 Å². The number of benzene rings is 1. The number of hydrogen-bond acceptors (Lipinski definition) is 3. The molecule has 0 radical (unpaired) electrons. The number of carbonyl (C=O) groups excluding carboxylic acids is 1. The molecule has 25 heavy (non-hydrogen) atoms. The molecule has 0 aliphatic rings. The van der Waals surface area contributed by atoms with Crippen molar-refractivity contribution < 1.29 is 14.3 Å². The number of rotatable bonds is 9. The minimum absolute atomic E-state index is 0.110. The van der Waals surface area contributed by atoms with E-state index in [0.29, 0.717) is 19.3 Å². The minimum atomic E-state index is -0.289. The number of aromatic nitrogens is 2. The molecule has 0 aliphatic heterocycles. The summed E-state index contributed by atoms with van der Waals surface area (Å²) in [6.45, 7) is 4.26. The number of aliphatic hydroxyl groups is 1. The molecule has 1 atom stereocenters. The number of alkyl halides is 1. The molecule has 0 aliphatic carbocycles. The third kappa shape index (κ3) is 5.22. The number of aliphatic hydroxyl groups excluding tert-OH is 1. The SMILES string of the molecule is CC(C)c1c(CC(=O)C(Br)CCCCO)cnn1-c1ccc(F)cc1. The Labute approximate surface area is 156 Å². The molecule has 0 saturated heterocycles. The molecule has 4 nitrogen and oxygen atoms in total. The van der Waals surface area contributed by atoms with Crippen LogP contribution in [0.2, 0.25) is 0 Å². The van der Waals surface area contributed by atoms with Gasteiger partial charge in [-0.2, -0.15) is 5.10 Å². The molecule has 136 valence electrons. The van der Waals surface area contributed by atoms with Gasteiger partial charge in [-0.25, -0.2) is 9.07 Å². The molecule has 0 saturated carbocycles. The van der Waals surface area contributed by atoms with Crippen LogP contribution in [0.15, 0.2) is 30.5 Å². The van der Waals surface area contributed by atoms with E-state index in [1.165, 1.54) is 12.1 Å². The number of carbonyl (C=O) groups is 1. The van der Waals surface area contributed by atoms with Crippen LogP contribution in [0.25, 0.3) is 5.69 Å². The third-order valence-corrected chi connectivity index (χ3v) is 5.05. The fourth-order valence-electron chi connectivity index (χ4n) is 2.83. The molecule has 1 unspecified atom stereocenters. The number of halogens is 2. The van der Waals surface area contributed by atoms with E-state index in [2.05, 4.69) is 34.9 Å². The first-order valence-corrected chi connectivity index (χ1v) is 9.46. The number of unbranched alkanes of at least 4 members (excludes halogenated alkanes) is 1. The van der Waals surface area contributed by atoms with E-state index in [9.17, 15) is 9.18 Å². The standard InChI is InChI=1S/C19H24BrFN2O2/c1-13(2)19-14(11-18(25)17(20)5-3-4-10-24)12-22-23(19)16-8-6-15(21)7-9-16/h6-9,12-13,17,24H,3-5,10-11H2,1-2H3. The van der Waals surface area contributed by atoms with Gasteiger partial charge in [-0.1, -0.05) is 29.8 Å². The van der Waals surface area contributed by atoms with Gasteiger partial charge in [-0.3, -0.25) is 4.79 Å². The highest BCUT2D eigenvalue weighted by atomic mass is 79.9. The lowest BCUT2D eigenvalue weighted by molar-refractivity contribution is -0.117. The molecule has 0 fully saturated rings. The lowest BCUT2D eigenvalue weighted by Gasteiger charge is -2.14. The van der Waals surface area contributed by atoms with Crippen molar-refractivity contribution in [2.24, 2.45) is 0 Å². The molecule has 2 rings (SSSR count). The van der Waals surface area contributed by atoms with Gasteiger partial charge >= 0.3 is 0 Å². The van der Waals surface area contributed by atoms with Gasteiger partial charge in [0.25, 0.3) is 0 Å². The maximum atomic E-state index is 13.2. The van der Waals surface area contributed by atoms with E-state index in [1.807, 2.05) is 0 Å². The second-order valence-corrected chi connectivity index (χ2v) is 7.53. The number of Topliss-reactive ketones (excluding diaryl/α,β-unsaturated/α-hetero) is 1. The average molecular weight is 411 g/mol. The van der Waals surface area contributed by atoms with Crippen molar-refractivity contribution in [2.75, 3.05) is 6.61 Å². The van der Waals surface area contributed by atoms with E-state index in [0.717, 1.165) is 23.4 Å². The number of hydrogen-bond donors (Lipinski definition) is 1. The summed E-state index contributed by atoms with van der Waals surface area (Å²) in [6.07, 6.45) is 4.26. The van der Waals surface area contributed by atoms with Crippen LogP contribution in [-0.2, 0) is 11.2 Å². The van der Waals surface area contributed by atoms with Crippen LogP contribution in [0, 0.1) is 5.82 Å². The van der Waals surface area contributed by atoms with Crippen LogP contribution in [0.1, 0.15) is 50.3 Å². The second-order valence-electron chi connectivity index (χ2n) is 6.43. The van der Waals surface area contributed by atoms with Crippen LogP contribution < -0.4 is 0 Å². The fraction of sp³-hybridized carbons (Fsp3) is 0.474. The van der Waals surface area contributed by atoms with Gasteiger partial charge < -0.3 is 5.11 Å². The molecule has 1 aromatic heterocycles. The van der Waals surface area contributed by atoms with Gasteiger partial charge in [-0.05, 0) is 49.4 Å². The summed E-state index contributed by atoms with van der Waals surface area (Å²) in [5.41, 5.74) is 2.65. The number of nitrogens with zero attached hydrogens (tertiary/aromatic N) is 2. The Morgan fingerprint density at radius 2 is 1.96 bits per heavy atom. The van der Waals surface area contributed by atoms with E-state index in [4.69, 9.17) is 5.11 Å². The topological polar surface area (TPSA) is 55.1 Å². The van der Waals surface area contributed by atoms with Gasteiger partial charge in [0.15, 0.2) is 5.78 Å². The Hall–Kier alpha value is -1.53. The predicted octanol–water partition coefficient (Wildman–Crippen LogP) is 4.17. The highest BCUT2D eigenvalue weighted by Crippen LogP contribution is 2.25. The first-order valence-electron chi connectivity index (χ1n) is 8.54. The molecule has 0 bridgehead atoms. The maximum absolute atomic E-state index is 13.2. The van der Waals surface area contributed by atoms with Gasteiger partial charge in [-0.15, -0.1) is 0 Å². The zero-order valence-electron chi connectivity index (χ0n) is 14.6. The van der Waals surface area contributed by atoms with E-state index in [1.54, 1.807) is 23.0 Å². The average Bonchev–Trinajstić information content (AvgIpc) is 2.99. The predicted molar refractivity (Wildman–Crippen MR) is 100.0 cm³/mol. The first kappa shape index (κ1) is 19.8. The summed E-state index contributed by atoms with van der Waals surface area (Å²) in [4.78, 5) is 12.3. The van der Waals surface area contributed by atoms with Crippen molar-refractivity contribution in [3.05, 3.63) is 47.5 Å². The van der Waals surface area contributed by atoms with Crippen molar-refractivity contribution in [3.63, 3.8) is 0 Å². The third-order valence-electron chi connectivity index (χ3n) is 4.08. The summed E-state index contributed by atoms with van der Waals surface area (Å²) >= 11 is 3.45. The molecular formula is C19H24BrFN2O2. The highest BCUT2D eigenvalue weighted by Gasteiger charge is 2.21. The zero-order valence-corrected chi connectivity index (χ0v) is 16.2. The molecule has 0 spiro atoms. The quantitative estimate of drug-likeness (QED) is 0.498. The lowest BCUT2D eigenvalue weighted by Crippen LogP contribution is -2.17. The minimum Gasteiger partial charge on any atom is -0.396 e. The van der Waals surface area contributed by atoms with E-state index >= 15 is 0 Å². The molecular weight excluding hydrogens is 387 g/mol. The summed E-state index contributed by atoms with van der Waals surface area (Å²) in [5.74, 6) is -0.000530. The van der Waals surface area contributed by atoms with Crippen molar-refractivity contribution in [2.45, 2.75) is 50.3 Å². The Balaban J connectivity index is 2.18. The van der Waals surface area contributed by atoms with Crippen LogP contribution in [-0.4, -0.2) is 32.1 Å². The van der Waals surface area contributed by atoms with Gasteiger partial charge in [0.05, 0.1) is 22.4 Å². The largest absolute Gasteiger partial charge is 0.396 e. The van der Waals surface area contributed by atoms with Gasteiger partial charge in [0, 0.05) is 18.6 Å². The zero-order chi connectivity index (χ0) is 18.4. The Kier molecular flexibility index (Phi) is 7.32. The normalized spacial score (nSPS) is 12.6. The van der Waals surface area contributed by atoms with Crippen LogP contribution in [0.3, 0.4) is 0 Å². The molecule has 2 aromatic rings. The molecule has 0 amide bonds. The molecule has 1 N–H and O–H groups in total.